The summed E-state index contributed by atoms with van der Waals surface area (Å²) in [6.45, 7) is 0.930. The first-order valence-electron chi connectivity index (χ1n) is 3.18. The number of hydrogen-bond donors (Lipinski definition) is 1. The molecule has 0 spiro atoms. The number of alkyl halides is 1. The molecule has 0 saturated carbocycles. The minimum atomic E-state index is 0. The lowest BCUT2D eigenvalue weighted by atomic mass is 10.2. The normalized spacial score (nSPS) is 20.6. The highest BCUT2D eigenvalue weighted by atomic mass is 79.9. The van der Waals surface area contributed by atoms with Crippen molar-refractivity contribution in [2.75, 3.05) is 0 Å². The standard InChI is InChI=1S/C7H7BrN2.ClH/c8-7-6-1-2-9-3-5(6)4-10-7;/h1-3,7,10H,4H2;1H. The van der Waals surface area contributed by atoms with Crippen LogP contribution >= 0.6 is 28.3 Å². The summed E-state index contributed by atoms with van der Waals surface area (Å²) in [6.07, 6.45) is 3.73. The van der Waals surface area contributed by atoms with Crippen molar-refractivity contribution >= 4 is 28.3 Å². The Bertz CT molecular complexity index is 254. The summed E-state index contributed by atoms with van der Waals surface area (Å²) in [4.78, 5) is 4.35. The van der Waals surface area contributed by atoms with Crippen LogP contribution in [-0.2, 0) is 6.54 Å². The zero-order valence-corrected chi connectivity index (χ0v) is 8.15. The van der Waals surface area contributed by atoms with E-state index < -0.39 is 0 Å². The van der Waals surface area contributed by atoms with E-state index in [-0.39, 0.29) is 12.4 Å². The van der Waals surface area contributed by atoms with E-state index in [1.165, 1.54) is 11.1 Å². The fraction of sp³-hybridized carbons (Fsp3) is 0.286. The molecule has 0 aliphatic carbocycles. The van der Waals surface area contributed by atoms with E-state index in [1.54, 1.807) is 0 Å². The molecule has 2 rings (SSSR count). The lowest BCUT2D eigenvalue weighted by Gasteiger charge is -1.99. The summed E-state index contributed by atoms with van der Waals surface area (Å²) < 4.78 is 0. The molecule has 1 aromatic heterocycles. The van der Waals surface area contributed by atoms with Crippen molar-refractivity contribution in [1.29, 1.82) is 0 Å². The van der Waals surface area contributed by atoms with Crippen molar-refractivity contribution in [2.45, 2.75) is 11.5 Å². The van der Waals surface area contributed by atoms with Gasteiger partial charge in [0, 0.05) is 18.9 Å². The number of fused-ring (bicyclic) bond motifs is 1. The van der Waals surface area contributed by atoms with Gasteiger partial charge in [0.2, 0.25) is 0 Å². The molecule has 2 nitrogen and oxygen atoms in total. The molecule has 1 N–H and O–H groups in total. The number of pyridine rings is 1. The van der Waals surface area contributed by atoms with Crippen LogP contribution in [0.3, 0.4) is 0 Å². The summed E-state index contributed by atoms with van der Waals surface area (Å²) in [6, 6.07) is 2.04. The lowest BCUT2D eigenvalue weighted by molar-refractivity contribution is 0.757. The Hall–Kier alpha value is -0.120. The molecule has 11 heavy (non-hydrogen) atoms. The van der Waals surface area contributed by atoms with Gasteiger partial charge in [0.15, 0.2) is 0 Å². The van der Waals surface area contributed by atoms with Crippen molar-refractivity contribution in [1.82, 2.24) is 10.3 Å². The van der Waals surface area contributed by atoms with E-state index >= 15 is 0 Å². The largest absolute Gasteiger partial charge is 0.297 e. The van der Waals surface area contributed by atoms with E-state index in [1.807, 2.05) is 18.5 Å². The fourth-order valence-electron chi connectivity index (χ4n) is 1.14. The van der Waals surface area contributed by atoms with Gasteiger partial charge >= 0.3 is 0 Å². The number of rotatable bonds is 0. The molecule has 0 aromatic carbocycles. The maximum Gasteiger partial charge on any atom is 0.0893 e. The van der Waals surface area contributed by atoms with Crippen LogP contribution in [0, 0.1) is 0 Å². The number of nitrogens with zero attached hydrogens (tertiary/aromatic N) is 1. The predicted octanol–water partition coefficient (Wildman–Crippen LogP) is 2.00. The van der Waals surface area contributed by atoms with Crippen molar-refractivity contribution in [3.63, 3.8) is 0 Å². The van der Waals surface area contributed by atoms with E-state index in [4.69, 9.17) is 0 Å². The second-order valence-electron chi connectivity index (χ2n) is 2.32. The Labute approximate surface area is 79.9 Å². The van der Waals surface area contributed by atoms with Crippen LogP contribution in [0.25, 0.3) is 0 Å². The summed E-state index contributed by atoms with van der Waals surface area (Å²) in [7, 11) is 0. The second kappa shape index (κ2) is 3.52. The van der Waals surface area contributed by atoms with Gasteiger partial charge in [-0.1, -0.05) is 15.9 Å². The molecule has 0 bridgehead atoms. The quantitative estimate of drug-likeness (QED) is 0.550. The molecule has 0 saturated heterocycles. The van der Waals surface area contributed by atoms with E-state index in [9.17, 15) is 0 Å². The van der Waals surface area contributed by atoms with E-state index in [0.717, 1.165) is 6.54 Å². The van der Waals surface area contributed by atoms with Crippen LogP contribution in [0.15, 0.2) is 18.5 Å². The van der Waals surface area contributed by atoms with Crippen molar-refractivity contribution in [2.24, 2.45) is 0 Å². The molecule has 1 unspecified atom stereocenters. The predicted molar refractivity (Wildman–Crippen MR) is 50.0 cm³/mol. The third kappa shape index (κ3) is 1.55. The molecule has 1 aliphatic rings. The summed E-state index contributed by atoms with van der Waals surface area (Å²) in [5, 5.41) is 3.26. The lowest BCUT2D eigenvalue weighted by Crippen LogP contribution is -2.03. The Morgan fingerprint density at radius 2 is 2.45 bits per heavy atom. The van der Waals surface area contributed by atoms with Crippen LogP contribution in [0.4, 0.5) is 0 Å². The first-order valence-corrected chi connectivity index (χ1v) is 4.10. The van der Waals surface area contributed by atoms with Gasteiger partial charge in [-0.25, -0.2) is 0 Å². The monoisotopic (exact) mass is 234 g/mol. The van der Waals surface area contributed by atoms with Gasteiger partial charge in [-0.2, -0.15) is 0 Å². The number of halogens is 2. The Kier molecular flexibility index (Phi) is 2.87. The van der Waals surface area contributed by atoms with Gasteiger partial charge in [0.05, 0.1) is 4.95 Å². The number of aromatic nitrogens is 1. The third-order valence-electron chi connectivity index (χ3n) is 1.69. The first kappa shape index (κ1) is 8.97. The van der Waals surface area contributed by atoms with Crippen LogP contribution in [-0.4, -0.2) is 4.98 Å². The summed E-state index contributed by atoms with van der Waals surface area (Å²) in [5.41, 5.74) is 2.61. The van der Waals surface area contributed by atoms with E-state index in [2.05, 4.69) is 26.2 Å². The highest BCUT2D eigenvalue weighted by molar-refractivity contribution is 9.09. The van der Waals surface area contributed by atoms with Crippen molar-refractivity contribution < 1.29 is 0 Å². The van der Waals surface area contributed by atoms with Crippen LogP contribution in [0.2, 0.25) is 0 Å². The number of nitrogens with one attached hydrogen (secondary N) is 1. The van der Waals surface area contributed by atoms with Gasteiger partial charge in [-0.15, -0.1) is 12.4 Å². The van der Waals surface area contributed by atoms with Gasteiger partial charge in [0.25, 0.3) is 0 Å². The molecule has 0 amide bonds. The van der Waals surface area contributed by atoms with Crippen molar-refractivity contribution in [3.8, 4) is 0 Å². The zero-order chi connectivity index (χ0) is 6.97. The van der Waals surface area contributed by atoms with Gasteiger partial charge in [-0.3, -0.25) is 10.3 Å². The Balaban J connectivity index is 0.000000605. The third-order valence-corrected chi connectivity index (χ3v) is 2.50. The van der Waals surface area contributed by atoms with Crippen LogP contribution < -0.4 is 5.32 Å². The Morgan fingerprint density at radius 3 is 3.18 bits per heavy atom. The fourth-order valence-corrected chi connectivity index (χ4v) is 1.75. The maximum atomic E-state index is 4.03. The maximum absolute atomic E-state index is 4.03. The van der Waals surface area contributed by atoms with Crippen LogP contribution in [0.5, 0.6) is 0 Å². The molecule has 1 aromatic rings. The molecule has 2 heterocycles. The molecule has 0 fully saturated rings. The van der Waals surface area contributed by atoms with Crippen LogP contribution in [0.1, 0.15) is 16.1 Å². The molecule has 1 aliphatic heterocycles. The van der Waals surface area contributed by atoms with Gasteiger partial charge < -0.3 is 0 Å². The first-order chi connectivity index (χ1) is 4.88. The zero-order valence-electron chi connectivity index (χ0n) is 5.75. The molecular formula is C7H8BrClN2. The highest BCUT2D eigenvalue weighted by Gasteiger charge is 2.17. The average Bonchev–Trinajstić information content (AvgIpc) is 2.34. The van der Waals surface area contributed by atoms with E-state index in [0.29, 0.717) is 4.95 Å². The smallest absolute Gasteiger partial charge is 0.0893 e. The highest BCUT2D eigenvalue weighted by Crippen LogP contribution is 2.28. The summed E-state index contributed by atoms with van der Waals surface area (Å²) in [5.74, 6) is 0. The molecule has 0 radical (unpaired) electrons. The topological polar surface area (TPSA) is 24.9 Å². The minimum absolute atomic E-state index is 0. The van der Waals surface area contributed by atoms with Gasteiger partial charge in [0.1, 0.15) is 0 Å². The molecular weight excluding hydrogens is 227 g/mol. The molecule has 60 valence electrons. The minimum Gasteiger partial charge on any atom is -0.297 e. The second-order valence-corrected chi connectivity index (χ2v) is 3.23. The number of hydrogen-bond acceptors (Lipinski definition) is 2. The summed E-state index contributed by atoms with van der Waals surface area (Å²) >= 11 is 3.50. The SMILES string of the molecule is BrC1NCc2cnccc21.Cl. The molecule has 1 atom stereocenters. The average molecular weight is 236 g/mol. The molecule has 4 heteroatoms. The van der Waals surface area contributed by atoms with Crippen molar-refractivity contribution in [3.05, 3.63) is 29.6 Å². The van der Waals surface area contributed by atoms with Gasteiger partial charge in [-0.05, 0) is 17.2 Å². The Morgan fingerprint density at radius 1 is 1.64 bits per heavy atom.